The van der Waals surface area contributed by atoms with E-state index in [0.29, 0.717) is 28.8 Å². The van der Waals surface area contributed by atoms with Crippen LogP contribution in [-0.4, -0.2) is 22.5 Å². The normalized spacial score (nSPS) is 12.4. The van der Waals surface area contributed by atoms with Crippen LogP contribution in [0.2, 0.25) is 0 Å². The van der Waals surface area contributed by atoms with Crippen molar-refractivity contribution in [1.82, 2.24) is 9.66 Å². The van der Waals surface area contributed by atoms with Crippen molar-refractivity contribution in [1.29, 1.82) is 0 Å². The van der Waals surface area contributed by atoms with Gasteiger partial charge in [0.1, 0.15) is 5.75 Å². The Morgan fingerprint density at radius 3 is 2.43 bits per heavy atom. The fraction of sp³-hybridized carbons (Fsp3) is 0.222. The zero-order valence-electron chi connectivity index (χ0n) is 19.5. The van der Waals surface area contributed by atoms with E-state index in [2.05, 4.69) is 10.1 Å². The zero-order valence-corrected chi connectivity index (χ0v) is 19.5. The molecule has 0 saturated heterocycles. The second-order valence-corrected chi connectivity index (χ2v) is 9.28. The van der Waals surface area contributed by atoms with Crippen LogP contribution >= 0.6 is 0 Å². The van der Waals surface area contributed by atoms with Gasteiger partial charge in [0, 0.05) is 11.1 Å². The maximum atomic E-state index is 13.4. The maximum absolute atomic E-state index is 13.4. The molecule has 0 aliphatic carbocycles. The molecule has 0 bridgehead atoms. The fourth-order valence-corrected chi connectivity index (χ4v) is 3.39. The minimum atomic E-state index is -4.54. The molecule has 1 aromatic heterocycles. The molecule has 4 rings (SSSR count). The predicted octanol–water partition coefficient (Wildman–Crippen LogP) is 6.39. The van der Waals surface area contributed by atoms with Crippen LogP contribution in [0.25, 0.3) is 22.3 Å². The number of benzene rings is 3. The number of halogens is 3. The lowest BCUT2D eigenvalue weighted by atomic mass is 9.99. The van der Waals surface area contributed by atoms with Gasteiger partial charge in [0.25, 0.3) is 5.56 Å². The van der Waals surface area contributed by atoms with Crippen molar-refractivity contribution in [3.8, 4) is 17.1 Å². The van der Waals surface area contributed by atoms with Crippen LogP contribution in [-0.2, 0) is 6.18 Å². The molecule has 0 spiro atoms. The third kappa shape index (κ3) is 5.59. The second kappa shape index (κ2) is 9.37. The van der Waals surface area contributed by atoms with Gasteiger partial charge in [0.05, 0.1) is 29.3 Å². The molecule has 4 aromatic rings. The van der Waals surface area contributed by atoms with Crippen LogP contribution < -0.4 is 10.3 Å². The van der Waals surface area contributed by atoms with E-state index in [9.17, 15) is 18.0 Å². The van der Waals surface area contributed by atoms with Gasteiger partial charge in [-0.3, -0.25) is 4.79 Å². The molecule has 180 valence electrons. The highest BCUT2D eigenvalue weighted by molar-refractivity contribution is 5.84. The first-order valence-electron chi connectivity index (χ1n) is 11.0. The van der Waals surface area contributed by atoms with Crippen molar-refractivity contribution in [3.63, 3.8) is 0 Å². The second-order valence-electron chi connectivity index (χ2n) is 9.28. The molecule has 0 atom stereocenters. The summed E-state index contributed by atoms with van der Waals surface area (Å²) in [6.07, 6.45) is -3.09. The molecule has 1 heterocycles. The number of hydrogen-bond donors (Lipinski definition) is 0. The summed E-state index contributed by atoms with van der Waals surface area (Å²) in [5, 5.41) is 4.66. The Morgan fingerprint density at radius 2 is 1.69 bits per heavy atom. The number of alkyl halides is 3. The number of rotatable bonds is 5. The van der Waals surface area contributed by atoms with Gasteiger partial charge in [-0.25, -0.2) is 4.98 Å². The third-order valence-electron chi connectivity index (χ3n) is 5.09. The highest BCUT2D eigenvalue weighted by Gasteiger charge is 2.31. The molecule has 8 heteroatoms. The SMILES string of the molecule is CC(C)(C)COc1ccccc1C=Nn1c(-c2cccc(C(F)(F)F)c2)nc2ccccc2c1=O. The molecule has 0 aliphatic heterocycles. The largest absolute Gasteiger partial charge is 0.492 e. The van der Waals surface area contributed by atoms with Gasteiger partial charge in [-0.05, 0) is 41.8 Å². The van der Waals surface area contributed by atoms with E-state index in [1.807, 2.05) is 26.8 Å². The van der Waals surface area contributed by atoms with Gasteiger partial charge in [-0.15, -0.1) is 0 Å². The molecule has 0 saturated carbocycles. The Bertz CT molecular complexity index is 1450. The standard InChI is InChI=1S/C27H24F3N3O2/c1-26(2,3)17-35-23-14-7-4-9-19(23)16-31-33-24(18-10-8-11-20(15-18)27(28,29)30)32-22-13-6-5-12-21(22)25(33)34/h4-16H,17H2,1-3H3. The van der Waals surface area contributed by atoms with Gasteiger partial charge < -0.3 is 4.74 Å². The summed E-state index contributed by atoms with van der Waals surface area (Å²) >= 11 is 0. The van der Waals surface area contributed by atoms with E-state index in [-0.39, 0.29) is 16.8 Å². The number of nitrogens with zero attached hydrogens (tertiary/aromatic N) is 3. The molecule has 0 radical (unpaired) electrons. The van der Waals surface area contributed by atoms with Crippen LogP contribution in [0.15, 0.2) is 82.7 Å². The van der Waals surface area contributed by atoms with Crippen molar-refractivity contribution in [2.45, 2.75) is 26.9 Å². The Balaban J connectivity index is 1.85. The van der Waals surface area contributed by atoms with Crippen LogP contribution in [0.1, 0.15) is 31.9 Å². The lowest BCUT2D eigenvalue weighted by molar-refractivity contribution is -0.137. The molecule has 0 amide bonds. The smallest absolute Gasteiger partial charge is 0.416 e. The van der Waals surface area contributed by atoms with Crippen molar-refractivity contribution < 1.29 is 17.9 Å². The molecule has 5 nitrogen and oxygen atoms in total. The topological polar surface area (TPSA) is 56.5 Å². The van der Waals surface area contributed by atoms with Crippen LogP contribution in [0.3, 0.4) is 0 Å². The molecule has 0 unspecified atom stereocenters. The van der Waals surface area contributed by atoms with Gasteiger partial charge in [0.15, 0.2) is 5.82 Å². The van der Waals surface area contributed by atoms with Crippen LogP contribution in [0, 0.1) is 5.41 Å². The summed E-state index contributed by atoms with van der Waals surface area (Å²) in [5.41, 5.74) is -0.296. The summed E-state index contributed by atoms with van der Waals surface area (Å²) in [6.45, 7) is 6.60. The summed E-state index contributed by atoms with van der Waals surface area (Å²) in [6, 6.07) is 18.5. The highest BCUT2D eigenvalue weighted by Crippen LogP contribution is 2.32. The first-order valence-corrected chi connectivity index (χ1v) is 11.0. The first kappa shape index (κ1) is 24.2. The lowest BCUT2D eigenvalue weighted by Gasteiger charge is -2.19. The number of para-hydroxylation sites is 2. The maximum Gasteiger partial charge on any atom is 0.416 e. The molecule has 0 N–H and O–H groups in total. The molecule has 0 fully saturated rings. The molecular formula is C27H24F3N3O2. The molecule has 35 heavy (non-hydrogen) atoms. The van der Waals surface area contributed by atoms with Crippen LogP contribution in [0.5, 0.6) is 5.75 Å². The lowest BCUT2D eigenvalue weighted by Crippen LogP contribution is -2.21. The summed E-state index contributed by atoms with van der Waals surface area (Å²) in [4.78, 5) is 17.8. The van der Waals surface area contributed by atoms with E-state index < -0.39 is 17.3 Å². The van der Waals surface area contributed by atoms with E-state index in [0.717, 1.165) is 16.8 Å². The average Bonchev–Trinajstić information content (AvgIpc) is 2.81. The van der Waals surface area contributed by atoms with Crippen molar-refractivity contribution in [2.75, 3.05) is 6.61 Å². The summed E-state index contributed by atoms with van der Waals surface area (Å²) in [5.74, 6) is 0.581. The summed E-state index contributed by atoms with van der Waals surface area (Å²) < 4.78 is 47.0. The molecule has 3 aromatic carbocycles. The van der Waals surface area contributed by atoms with Crippen molar-refractivity contribution in [3.05, 3.63) is 94.3 Å². The Hall–Kier alpha value is -3.94. The van der Waals surface area contributed by atoms with Crippen molar-refractivity contribution in [2.24, 2.45) is 10.5 Å². The van der Waals surface area contributed by atoms with Crippen LogP contribution in [0.4, 0.5) is 13.2 Å². The molecule has 0 aliphatic rings. The third-order valence-corrected chi connectivity index (χ3v) is 5.09. The Morgan fingerprint density at radius 1 is 0.971 bits per heavy atom. The van der Waals surface area contributed by atoms with E-state index in [4.69, 9.17) is 4.74 Å². The van der Waals surface area contributed by atoms with Crippen molar-refractivity contribution >= 4 is 17.1 Å². The zero-order chi connectivity index (χ0) is 25.2. The summed E-state index contributed by atoms with van der Waals surface area (Å²) in [7, 11) is 0. The Labute approximate surface area is 200 Å². The quantitative estimate of drug-likeness (QED) is 0.312. The fourth-order valence-electron chi connectivity index (χ4n) is 3.39. The van der Waals surface area contributed by atoms with E-state index in [1.54, 1.807) is 42.5 Å². The first-order chi connectivity index (χ1) is 16.5. The molecular weight excluding hydrogens is 455 g/mol. The number of fused-ring (bicyclic) bond motifs is 1. The van der Waals surface area contributed by atoms with Gasteiger partial charge in [0.2, 0.25) is 0 Å². The average molecular weight is 480 g/mol. The van der Waals surface area contributed by atoms with Gasteiger partial charge in [-0.1, -0.05) is 57.2 Å². The van der Waals surface area contributed by atoms with E-state index in [1.165, 1.54) is 18.3 Å². The number of ether oxygens (including phenoxy) is 1. The number of aromatic nitrogens is 2. The minimum Gasteiger partial charge on any atom is -0.492 e. The predicted molar refractivity (Wildman–Crippen MR) is 131 cm³/mol. The minimum absolute atomic E-state index is 0.00383. The highest BCUT2D eigenvalue weighted by atomic mass is 19.4. The number of hydrogen-bond acceptors (Lipinski definition) is 4. The van der Waals surface area contributed by atoms with Gasteiger partial charge >= 0.3 is 6.18 Å². The monoisotopic (exact) mass is 479 g/mol. The van der Waals surface area contributed by atoms with Gasteiger partial charge in [-0.2, -0.15) is 22.9 Å². The van der Waals surface area contributed by atoms with E-state index >= 15 is 0 Å². The Kier molecular flexibility index (Phi) is 6.47.